The molecule has 0 fully saturated rings. The molecule has 0 radical (unpaired) electrons. The van der Waals surface area contributed by atoms with Crippen LogP contribution in [0.25, 0.3) is 10.9 Å². The number of para-hydroxylation sites is 1. The fourth-order valence-corrected chi connectivity index (χ4v) is 4.06. The minimum Gasteiger partial charge on any atom is -0.497 e. The molecule has 28 heavy (non-hydrogen) atoms. The fraction of sp³-hybridized carbons (Fsp3) is 0.200. The summed E-state index contributed by atoms with van der Waals surface area (Å²) in [5, 5.41) is 14.6. The highest BCUT2D eigenvalue weighted by molar-refractivity contribution is 7.98. The molecule has 0 N–H and O–H groups in total. The molecule has 0 saturated carbocycles. The lowest BCUT2D eigenvalue weighted by atomic mass is 10.1. The maximum absolute atomic E-state index is 6.56. The maximum atomic E-state index is 6.56. The van der Waals surface area contributed by atoms with Gasteiger partial charge in [-0.25, -0.2) is 4.68 Å². The molecule has 0 bridgehead atoms. The smallest absolute Gasteiger partial charge is 0.210 e. The van der Waals surface area contributed by atoms with Crippen LogP contribution >= 0.6 is 23.4 Å². The Labute approximate surface area is 171 Å². The first-order valence-corrected chi connectivity index (χ1v) is 10.1. The van der Waals surface area contributed by atoms with Crippen molar-refractivity contribution in [3.05, 3.63) is 70.4 Å². The molecule has 2 heterocycles. The number of methoxy groups -OCH3 is 1. The molecule has 0 aliphatic rings. The number of halogens is 1. The van der Waals surface area contributed by atoms with Gasteiger partial charge >= 0.3 is 0 Å². The molecule has 6 nitrogen and oxygen atoms in total. The quantitative estimate of drug-likeness (QED) is 0.434. The van der Waals surface area contributed by atoms with Crippen LogP contribution in [-0.2, 0) is 12.3 Å². The van der Waals surface area contributed by atoms with Gasteiger partial charge in [0.2, 0.25) is 5.16 Å². The zero-order valence-corrected chi connectivity index (χ0v) is 17.0. The second-order valence-corrected chi connectivity index (χ2v) is 7.59. The highest BCUT2D eigenvalue weighted by Crippen LogP contribution is 2.30. The molecule has 2 aromatic carbocycles. The Morgan fingerprint density at radius 1 is 1.11 bits per heavy atom. The zero-order chi connectivity index (χ0) is 19.5. The molecule has 0 aliphatic carbocycles. The summed E-state index contributed by atoms with van der Waals surface area (Å²) in [6, 6.07) is 15.9. The minimum absolute atomic E-state index is 0.581. The molecule has 0 aliphatic heterocycles. The SMILES string of the molecule is COc1ccc(Cn2nnnc2SCc2nc3ccccc3c(C)c2Cl)cc1. The Hall–Kier alpha value is -2.64. The molecule has 4 aromatic rings. The molecule has 4 rings (SSSR count). The van der Waals surface area contributed by atoms with Gasteiger partial charge < -0.3 is 4.74 Å². The van der Waals surface area contributed by atoms with Gasteiger partial charge in [0.1, 0.15) is 5.75 Å². The van der Waals surface area contributed by atoms with E-state index in [9.17, 15) is 0 Å². The van der Waals surface area contributed by atoms with E-state index in [4.69, 9.17) is 21.3 Å². The van der Waals surface area contributed by atoms with Crippen molar-refractivity contribution in [2.45, 2.75) is 24.4 Å². The topological polar surface area (TPSA) is 65.7 Å². The lowest BCUT2D eigenvalue weighted by Crippen LogP contribution is -2.04. The van der Waals surface area contributed by atoms with Crippen LogP contribution in [-0.4, -0.2) is 32.3 Å². The predicted octanol–water partition coefficient (Wildman–Crippen LogP) is 4.53. The summed E-state index contributed by atoms with van der Waals surface area (Å²) in [5.41, 5.74) is 3.91. The highest BCUT2D eigenvalue weighted by Gasteiger charge is 2.13. The van der Waals surface area contributed by atoms with Crippen LogP contribution in [0.3, 0.4) is 0 Å². The average molecular weight is 412 g/mol. The van der Waals surface area contributed by atoms with Gasteiger partial charge in [-0.15, -0.1) is 5.10 Å². The number of hydrogen-bond acceptors (Lipinski definition) is 6. The summed E-state index contributed by atoms with van der Waals surface area (Å²) in [6.45, 7) is 2.60. The number of fused-ring (bicyclic) bond motifs is 1. The van der Waals surface area contributed by atoms with Gasteiger partial charge in [-0.1, -0.05) is 53.7 Å². The Morgan fingerprint density at radius 2 is 1.89 bits per heavy atom. The van der Waals surface area contributed by atoms with E-state index in [1.165, 1.54) is 11.8 Å². The number of aryl methyl sites for hydroxylation is 1. The largest absolute Gasteiger partial charge is 0.497 e. The number of tetrazole rings is 1. The number of rotatable bonds is 6. The Balaban J connectivity index is 1.52. The third-order valence-electron chi connectivity index (χ3n) is 4.47. The molecular weight excluding hydrogens is 394 g/mol. The van der Waals surface area contributed by atoms with E-state index in [2.05, 4.69) is 15.5 Å². The molecule has 0 spiro atoms. The normalized spacial score (nSPS) is 11.1. The zero-order valence-electron chi connectivity index (χ0n) is 15.5. The second-order valence-electron chi connectivity index (χ2n) is 6.27. The molecular formula is C20H18ClN5OS. The van der Waals surface area contributed by atoms with Gasteiger partial charge in [0.15, 0.2) is 0 Å². The van der Waals surface area contributed by atoms with E-state index >= 15 is 0 Å². The van der Waals surface area contributed by atoms with Crippen LogP contribution in [0.5, 0.6) is 5.75 Å². The molecule has 0 amide bonds. The Morgan fingerprint density at radius 3 is 2.68 bits per heavy atom. The highest BCUT2D eigenvalue weighted by atomic mass is 35.5. The van der Waals surface area contributed by atoms with Gasteiger partial charge in [0.05, 0.1) is 29.9 Å². The van der Waals surface area contributed by atoms with Crippen LogP contribution in [0.4, 0.5) is 0 Å². The number of ether oxygens (including phenoxy) is 1. The third kappa shape index (κ3) is 3.81. The van der Waals surface area contributed by atoms with E-state index in [0.29, 0.717) is 17.3 Å². The van der Waals surface area contributed by atoms with Gasteiger partial charge in [-0.05, 0) is 46.7 Å². The summed E-state index contributed by atoms with van der Waals surface area (Å²) in [4.78, 5) is 4.72. The van der Waals surface area contributed by atoms with Gasteiger partial charge in [0, 0.05) is 11.1 Å². The summed E-state index contributed by atoms with van der Waals surface area (Å²) < 4.78 is 6.97. The lowest BCUT2D eigenvalue weighted by Gasteiger charge is -2.10. The fourth-order valence-electron chi connectivity index (χ4n) is 2.95. The van der Waals surface area contributed by atoms with Gasteiger partial charge in [-0.3, -0.25) is 4.98 Å². The van der Waals surface area contributed by atoms with Crippen LogP contribution in [0.1, 0.15) is 16.8 Å². The van der Waals surface area contributed by atoms with Crippen molar-refractivity contribution in [2.75, 3.05) is 7.11 Å². The van der Waals surface area contributed by atoms with Crippen LogP contribution in [0.15, 0.2) is 53.7 Å². The summed E-state index contributed by atoms with van der Waals surface area (Å²) in [7, 11) is 1.65. The van der Waals surface area contributed by atoms with Gasteiger partial charge in [-0.2, -0.15) is 0 Å². The first kappa shape index (κ1) is 18.7. The second kappa shape index (κ2) is 8.16. The molecule has 0 atom stereocenters. The maximum Gasteiger partial charge on any atom is 0.210 e. The van der Waals surface area contributed by atoms with E-state index < -0.39 is 0 Å². The van der Waals surface area contributed by atoms with Crippen molar-refractivity contribution < 1.29 is 4.74 Å². The average Bonchev–Trinajstić information content (AvgIpc) is 3.17. The van der Waals surface area contributed by atoms with Crippen LogP contribution in [0, 0.1) is 6.92 Å². The lowest BCUT2D eigenvalue weighted by molar-refractivity contribution is 0.414. The van der Waals surface area contributed by atoms with E-state index in [1.54, 1.807) is 11.8 Å². The van der Waals surface area contributed by atoms with Crippen molar-refractivity contribution in [1.82, 2.24) is 25.2 Å². The van der Waals surface area contributed by atoms with Crippen molar-refractivity contribution in [1.29, 1.82) is 0 Å². The van der Waals surface area contributed by atoms with E-state index in [1.807, 2.05) is 55.5 Å². The van der Waals surface area contributed by atoms with E-state index in [-0.39, 0.29) is 0 Å². The monoisotopic (exact) mass is 411 g/mol. The van der Waals surface area contributed by atoms with Crippen molar-refractivity contribution in [2.24, 2.45) is 0 Å². The van der Waals surface area contributed by atoms with Crippen LogP contribution in [0.2, 0.25) is 5.02 Å². The predicted molar refractivity (Wildman–Crippen MR) is 111 cm³/mol. The van der Waals surface area contributed by atoms with E-state index in [0.717, 1.165) is 38.6 Å². The van der Waals surface area contributed by atoms with Gasteiger partial charge in [0.25, 0.3) is 0 Å². The number of benzene rings is 2. The molecule has 0 unspecified atom stereocenters. The molecule has 8 heteroatoms. The summed E-state index contributed by atoms with van der Waals surface area (Å²) in [5.74, 6) is 1.41. The molecule has 142 valence electrons. The third-order valence-corrected chi connectivity index (χ3v) is 5.94. The standard InChI is InChI=1S/C20H18ClN5OS/c1-13-16-5-3-4-6-17(16)22-18(19(13)21)12-28-20-23-24-25-26(20)11-14-7-9-15(27-2)10-8-14/h3-10H,11-12H2,1-2H3. The van der Waals surface area contributed by atoms with Crippen molar-refractivity contribution in [3.8, 4) is 5.75 Å². The first-order valence-electron chi connectivity index (χ1n) is 8.71. The number of hydrogen-bond donors (Lipinski definition) is 0. The summed E-state index contributed by atoms with van der Waals surface area (Å²) in [6.07, 6.45) is 0. The Bertz CT molecular complexity index is 1110. The number of aromatic nitrogens is 5. The van der Waals surface area contributed by atoms with Crippen molar-refractivity contribution in [3.63, 3.8) is 0 Å². The van der Waals surface area contributed by atoms with Crippen LogP contribution < -0.4 is 4.74 Å². The molecule has 0 saturated heterocycles. The Kier molecular flexibility index (Phi) is 5.45. The minimum atomic E-state index is 0.581. The summed E-state index contributed by atoms with van der Waals surface area (Å²) >= 11 is 8.08. The number of nitrogens with zero attached hydrogens (tertiary/aromatic N) is 5. The van der Waals surface area contributed by atoms with Crippen molar-refractivity contribution >= 4 is 34.3 Å². The number of pyridine rings is 1. The molecule has 2 aromatic heterocycles. The first-order chi connectivity index (χ1) is 13.7. The number of thioether (sulfide) groups is 1.